The smallest absolute Gasteiger partial charge is 0.00431 e. The summed E-state index contributed by atoms with van der Waals surface area (Å²) in [7, 11) is 0. The standard InChI is InChI=1S/C12H16N/c1-2-5-11(6-3-1)12-7-4-9-13-10-8-12/h1-3,5,12-13H,4,7-10H2. The Balaban J connectivity index is 2.06. The highest BCUT2D eigenvalue weighted by Crippen LogP contribution is 2.24. The third-order valence-corrected chi connectivity index (χ3v) is 2.75. The first-order valence-electron chi connectivity index (χ1n) is 5.14. The Labute approximate surface area is 80.2 Å². The molecule has 0 saturated carbocycles. The molecule has 0 aromatic heterocycles. The fourth-order valence-electron chi connectivity index (χ4n) is 1.99. The first-order chi connectivity index (χ1) is 6.47. The van der Waals surface area contributed by atoms with Crippen molar-refractivity contribution >= 4 is 0 Å². The van der Waals surface area contributed by atoms with Crippen LogP contribution in [0.15, 0.2) is 24.3 Å². The number of rotatable bonds is 1. The van der Waals surface area contributed by atoms with Crippen LogP contribution in [0.3, 0.4) is 0 Å². The summed E-state index contributed by atoms with van der Waals surface area (Å²) in [5.41, 5.74) is 1.39. The van der Waals surface area contributed by atoms with Gasteiger partial charge in [-0.2, -0.15) is 0 Å². The van der Waals surface area contributed by atoms with Gasteiger partial charge in [0.1, 0.15) is 0 Å². The van der Waals surface area contributed by atoms with Gasteiger partial charge in [-0.05, 0) is 49.9 Å². The maximum absolute atomic E-state index is 3.43. The maximum atomic E-state index is 3.43. The molecule has 1 unspecified atom stereocenters. The van der Waals surface area contributed by atoms with Crippen LogP contribution in [0.25, 0.3) is 0 Å². The van der Waals surface area contributed by atoms with Gasteiger partial charge in [0.05, 0.1) is 0 Å². The van der Waals surface area contributed by atoms with Crippen molar-refractivity contribution in [3.63, 3.8) is 0 Å². The topological polar surface area (TPSA) is 12.0 Å². The average molecular weight is 174 g/mol. The van der Waals surface area contributed by atoms with Crippen molar-refractivity contribution in [3.8, 4) is 0 Å². The van der Waals surface area contributed by atoms with Gasteiger partial charge in [0.15, 0.2) is 0 Å². The lowest BCUT2D eigenvalue weighted by Gasteiger charge is -2.12. The molecule has 1 heterocycles. The van der Waals surface area contributed by atoms with Crippen molar-refractivity contribution in [2.75, 3.05) is 13.1 Å². The van der Waals surface area contributed by atoms with Crippen LogP contribution >= 0.6 is 0 Å². The van der Waals surface area contributed by atoms with Crippen molar-refractivity contribution in [2.24, 2.45) is 0 Å². The van der Waals surface area contributed by atoms with E-state index in [-0.39, 0.29) is 0 Å². The number of hydrogen-bond acceptors (Lipinski definition) is 1. The second-order valence-corrected chi connectivity index (χ2v) is 3.70. The maximum Gasteiger partial charge on any atom is -0.00431 e. The summed E-state index contributed by atoms with van der Waals surface area (Å²) in [6.07, 6.45) is 3.88. The Kier molecular flexibility index (Phi) is 2.98. The lowest BCUT2D eigenvalue weighted by molar-refractivity contribution is 0.609. The van der Waals surface area contributed by atoms with Gasteiger partial charge in [-0.3, -0.25) is 0 Å². The van der Waals surface area contributed by atoms with Crippen molar-refractivity contribution in [1.82, 2.24) is 5.32 Å². The first kappa shape index (κ1) is 8.76. The largest absolute Gasteiger partial charge is 0.317 e. The van der Waals surface area contributed by atoms with Crippen LogP contribution in [0.1, 0.15) is 30.7 Å². The fraction of sp³-hybridized carbons (Fsp3) is 0.500. The number of benzene rings is 1. The van der Waals surface area contributed by atoms with Crippen LogP contribution < -0.4 is 5.32 Å². The minimum absolute atomic E-state index is 0.733. The molecule has 1 aliphatic heterocycles. The summed E-state index contributed by atoms with van der Waals surface area (Å²) in [6, 6.07) is 11.7. The Hall–Kier alpha value is -0.820. The molecule has 1 saturated heterocycles. The van der Waals surface area contributed by atoms with Gasteiger partial charge in [0.2, 0.25) is 0 Å². The molecule has 1 N–H and O–H groups in total. The molecule has 0 bridgehead atoms. The van der Waals surface area contributed by atoms with Crippen LogP contribution in [0.5, 0.6) is 0 Å². The van der Waals surface area contributed by atoms with E-state index in [0.717, 1.165) is 12.5 Å². The molecule has 1 aromatic carbocycles. The van der Waals surface area contributed by atoms with E-state index in [1.165, 1.54) is 31.4 Å². The predicted molar refractivity (Wildman–Crippen MR) is 54.7 cm³/mol. The van der Waals surface area contributed by atoms with Crippen molar-refractivity contribution in [3.05, 3.63) is 35.9 Å². The predicted octanol–water partition coefficient (Wildman–Crippen LogP) is 2.34. The van der Waals surface area contributed by atoms with Crippen LogP contribution in [-0.2, 0) is 0 Å². The highest BCUT2D eigenvalue weighted by molar-refractivity contribution is 5.18. The second kappa shape index (κ2) is 4.43. The highest BCUT2D eigenvalue weighted by Gasteiger charge is 2.13. The molecular weight excluding hydrogens is 158 g/mol. The third-order valence-electron chi connectivity index (χ3n) is 2.75. The van der Waals surface area contributed by atoms with Gasteiger partial charge in [0.25, 0.3) is 0 Å². The van der Waals surface area contributed by atoms with Crippen molar-refractivity contribution in [1.29, 1.82) is 0 Å². The third kappa shape index (κ3) is 2.31. The van der Waals surface area contributed by atoms with E-state index < -0.39 is 0 Å². The van der Waals surface area contributed by atoms with Crippen LogP contribution in [0, 0.1) is 6.07 Å². The molecule has 1 heteroatoms. The average Bonchev–Trinajstić information content (AvgIpc) is 2.47. The normalized spacial score (nSPS) is 23.8. The highest BCUT2D eigenvalue weighted by atomic mass is 14.8. The Morgan fingerprint density at radius 1 is 1.23 bits per heavy atom. The molecule has 0 spiro atoms. The van der Waals surface area contributed by atoms with Crippen molar-refractivity contribution in [2.45, 2.75) is 25.2 Å². The van der Waals surface area contributed by atoms with Crippen molar-refractivity contribution < 1.29 is 0 Å². The summed E-state index contributed by atoms with van der Waals surface area (Å²) in [6.45, 7) is 2.34. The molecule has 1 atom stereocenters. The van der Waals surface area contributed by atoms with Gasteiger partial charge in [-0.15, -0.1) is 0 Å². The van der Waals surface area contributed by atoms with Crippen LogP contribution in [-0.4, -0.2) is 13.1 Å². The van der Waals surface area contributed by atoms with Gasteiger partial charge < -0.3 is 5.32 Å². The zero-order valence-corrected chi connectivity index (χ0v) is 7.92. The van der Waals surface area contributed by atoms with E-state index in [0.29, 0.717) is 0 Å². The summed E-state index contributed by atoms with van der Waals surface area (Å²) in [5.74, 6) is 0.733. The van der Waals surface area contributed by atoms with Gasteiger partial charge in [-0.25, -0.2) is 0 Å². The molecule has 2 rings (SSSR count). The number of nitrogens with one attached hydrogen (secondary N) is 1. The quantitative estimate of drug-likeness (QED) is 0.689. The number of hydrogen-bond donors (Lipinski definition) is 1. The van der Waals surface area contributed by atoms with Crippen LogP contribution in [0.2, 0.25) is 0 Å². The lowest BCUT2D eigenvalue weighted by Crippen LogP contribution is -2.13. The molecule has 69 valence electrons. The Bertz CT molecular complexity index is 235. The van der Waals surface area contributed by atoms with E-state index in [1.807, 2.05) is 12.1 Å². The molecule has 1 nitrogen and oxygen atoms in total. The van der Waals surface area contributed by atoms with E-state index in [9.17, 15) is 0 Å². The summed E-state index contributed by atoms with van der Waals surface area (Å²) < 4.78 is 0. The van der Waals surface area contributed by atoms with Gasteiger partial charge in [0, 0.05) is 0 Å². The SMILES string of the molecule is [c]1ccccc1C1CCCNCC1. The van der Waals surface area contributed by atoms with Gasteiger partial charge in [-0.1, -0.05) is 24.3 Å². The molecular formula is C12H16N. The van der Waals surface area contributed by atoms with Gasteiger partial charge >= 0.3 is 0 Å². The van der Waals surface area contributed by atoms with Crippen LogP contribution in [0.4, 0.5) is 0 Å². The van der Waals surface area contributed by atoms with E-state index >= 15 is 0 Å². The molecule has 1 aromatic rings. The summed E-state index contributed by atoms with van der Waals surface area (Å²) >= 11 is 0. The Morgan fingerprint density at radius 2 is 2.23 bits per heavy atom. The van der Waals surface area contributed by atoms with E-state index in [1.54, 1.807) is 0 Å². The second-order valence-electron chi connectivity index (χ2n) is 3.70. The Morgan fingerprint density at radius 3 is 3.08 bits per heavy atom. The molecule has 0 amide bonds. The molecule has 1 radical (unpaired) electrons. The minimum atomic E-state index is 0.733. The van der Waals surface area contributed by atoms with E-state index in [2.05, 4.69) is 23.5 Å². The molecule has 1 aliphatic rings. The summed E-state index contributed by atoms with van der Waals surface area (Å²) in [5, 5.41) is 3.43. The monoisotopic (exact) mass is 174 g/mol. The molecule has 13 heavy (non-hydrogen) atoms. The fourth-order valence-corrected chi connectivity index (χ4v) is 1.99. The molecule has 1 fully saturated rings. The molecule has 0 aliphatic carbocycles. The minimum Gasteiger partial charge on any atom is -0.317 e. The zero-order chi connectivity index (χ0) is 8.93. The first-order valence-corrected chi connectivity index (χ1v) is 5.14. The van der Waals surface area contributed by atoms with E-state index in [4.69, 9.17) is 0 Å². The zero-order valence-electron chi connectivity index (χ0n) is 7.92. The lowest BCUT2D eigenvalue weighted by atomic mass is 9.92. The summed E-state index contributed by atoms with van der Waals surface area (Å²) in [4.78, 5) is 0.